The second-order valence-electron chi connectivity index (χ2n) is 4.85. The number of aryl methyl sites for hydroxylation is 1. The van der Waals surface area contributed by atoms with Gasteiger partial charge < -0.3 is 15.4 Å². The number of nitrogens with one attached hydrogen (secondary N) is 2. The number of alkyl halides is 3. The molecule has 0 bridgehead atoms. The minimum absolute atomic E-state index is 0.00267. The zero-order valence-corrected chi connectivity index (χ0v) is 14.2. The van der Waals surface area contributed by atoms with Crippen LogP contribution in [0.4, 0.5) is 18.2 Å². The molecule has 1 amide bonds. The molecule has 10 heteroatoms. The Morgan fingerprint density at radius 3 is 2.33 bits per heavy atom. The minimum Gasteiger partial charge on any atom is -0.466 e. The Bertz CT molecular complexity index is 694. The molecule has 0 saturated carbocycles. The van der Waals surface area contributed by atoms with Crippen LogP contribution in [-0.2, 0) is 20.7 Å². The smallest absolute Gasteiger partial charge is 0.441 e. The van der Waals surface area contributed by atoms with Crippen molar-refractivity contribution >= 4 is 28.2 Å². The highest BCUT2D eigenvalue weighted by molar-refractivity contribution is 7.16. The fraction of sp³-hybridized carbons (Fsp3) is 0.500. The highest BCUT2D eigenvalue weighted by Gasteiger charge is 2.63. The van der Waals surface area contributed by atoms with Crippen molar-refractivity contribution in [1.29, 1.82) is 5.26 Å². The van der Waals surface area contributed by atoms with E-state index in [4.69, 9.17) is 0 Å². The molecule has 0 fully saturated rings. The lowest BCUT2D eigenvalue weighted by atomic mass is 10.1. The van der Waals surface area contributed by atoms with Crippen LogP contribution in [0.3, 0.4) is 0 Å². The van der Waals surface area contributed by atoms with Crippen LogP contribution in [0, 0.1) is 18.3 Å². The summed E-state index contributed by atoms with van der Waals surface area (Å²) in [5.74, 6) is -2.83. The molecule has 0 aliphatic heterocycles. The van der Waals surface area contributed by atoms with Gasteiger partial charge in [-0.15, -0.1) is 11.3 Å². The number of thiophene rings is 1. The van der Waals surface area contributed by atoms with Crippen molar-refractivity contribution in [1.82, 2.24) is 5.32 Å². The van der Waals surface area contributed by atoms with E-state index >= 15 is 0 Å². The number of nitriles is 1. The second-order valence-corrected chi connectivity index (χ2v) is 6.08. The first kappa shape index (κ1) is 19.8. The van der Waals surface area contributed by atoms with E-state index in [-0.39, 0.29) is 10.6 Å². The van der Waals surface area contributed by atoms with Gasteiger partial charge in [-0.3, -0.25) is 4.79 Å². The lowest BCUT2D eigenvalue weighted by molar-refractivity contribution is -0.206. The number of carbonyl (C=O) groups is 2. The van der Waals surface area contributed by atoms with E-state index in [1.807, 2.05) is 11.4 Å². The third-order valence-electron chi connectivity index (χ3n) is 3.26. The van der Waals surface area contributed by atoms with E-state index < -0.39 is 23.7 Å². The SMILES string of the molecule is CCc1c(C)sc(N[C@@](NC(C)=O)(C(=O)OC)C(F)(F)F)c1C#N. The van der Waals surface area contributed by atoms with Crippen LogP contribution < -0.4 is 10.6 Å². The molecular weight excluding hydrogens is 347 g/mol. The predicted octanol–water partition coefficient (Wildman–Crippen LogP) is 2.47. The number of rotatable bonds is 5. The highest BCUT2D eigenvalue weighted by atomic mass is 32.1. The molecule has 2 N–H and O–H groups in total. The number of hydrogen-bond acceptors (Lipinski definition) is 6. The number of halogens is 3. The molecule has 0 spiro atoms. The topological polar surface area (TPSA) is 91.2 Å². The maximum atomic E-state index is 13.6. The van der Waals surface area contributed by atoms with Gasteiger partial charge in [-0.1, -0.05) is 6.92 Å². The van der Waals surface area contributed by atoms with Crippen LogP contribution in [-0.4, -0.2) is 30.8 Å². The van der Waals surface area contributed by atoms with Crippen LogP contribution in [0.15, 0.2) is 0 Å². The Labute approximate surface area is 140 Å². The quantitative estimate of drug-likeness (QED) is 0.619. The number of nitrogens with zero attached hydrogens (tertiary/aromatic N) is 1. The van der Waals surface area contributed by atoms with Crippen molar-refractivity contribution < 1.29 is 27.5 Å². The summed E-state index contributed by atoms with van der Waals surface area (Å²) >= 11 is 0.895. The maximum Gasteiger partial charge on any atom is 0.441 e. The van der Waals surface area contributed by atoms with Gasteiger partial charge in [0.05, 0.1) is 12.7 Å². The summed E-state index contributed by atoms with van der Waals surface area (Å²) in [4.78, 5) is 23.8. The molecule has 1 heterocycles. The summed E-state index contributed by atoms with van der Waals surface area (Å²) in [6.45, 7) is 4.25. The lowest BCUT2D eigenvalue weighted by Crippen LogP contribution is -2.69. The third-order valence-corrected chi connectivity index (χ3v) is 4.32. The summed E-state index contributed by atoms with van der Waals surface area (Å²) in [5, 5.41) is 12.7. The molecule has 0 aliphatic rings. The van der Waals surface area contributed by atoms with Crippen LogP contribution in [0.1, 0.15) is 29.9 Å². The Morgan fingerprint density at radius 2 is 1.96 bits per heavy atom. The molecule has 6 nitrogen and oxygen atoms in total. The van der Waals surface area contributed by atoms with Gasteiger partial charge in [0.25, 0.3) is 0 Å². The number of amides is 1. The molecule has 1 aromatic rings. The van der Waals surface area contributed by atoms with Crippen molar-refractivity contribution in [3.63, 3.8) is 0 Å². The van der Waals surface area contributed by atoms with Crippen molar-refractivity contribution in [2.75, 3.05) is 12.4 Å². The normalized spacial score (nSPS) is 13.6. The van der Waals surface area contributed by atoms with Crippen molar-refractivity contribution in [3.05, 3.63) is 16.0 Å². The molecule has 1 aromatic heterocycles. The number of hydrogen-bond donors (Lipinski definition) is 2. The van der Waals surface area contributed by atoms with Gasteiger partial charge in [0.2, 0.25) is 5.91 Å². The van der Waals surface area contributed by atoms with E-state index in [1.54, 1.807) is 19.2 Å². The van der Waals surface area contributed by atoms with Gasteiger partial charge in [0, 0.05) is 11.8 Å². The van der Waals surface area contributed by atoms with E-state index in [1.165, 1.54) is 0 Å². The van der Waals surface area contributed by atoms with Crippen LogP contribution in [0.5, 0.6) is 0 Å². The molecule has 1 rings (SSSR count). The first-order valence-electron chi connectivity index (χ1n) is 6.78. The Kier molecular flexibility index (Phi) is 5.84. The Balaban J connectivity index is 3.56. The number of methoxy groups -OCH3 is 1. The third kappa shape index (κ3) is 3.46. The van der Waals surface area contributed by atoms with E-state index in [0.29, 0.717) is 16.9 Å². The van der Waals surface area contributed by atoms with Gasteiger partial charge in [0.1, 0.15) is 11.1 Å². The number of carbonyl (C=O) groups excluding carboxylic acids is 2. The monoisotopic (exact) mass is 363 g/mol. The second kappa shape index (κ2) is 7.09. The summed E-state index contributed by atoms with van der Waals surface area (Å²) in [5.41, 5.74) is -2.90. The standard InChI is InChI=1S/C14H16F3N3O3S/c1-5-9-7(2)24-11(10(9)6-18)20-13(12(22)23-4,14(15,16)17)19-8(3)21/h20H,5H2,1-4H3,(H,19,21)/t13-/m0/s1. The first-order valence-corrected chi connectivity index (χ1v) is 7.60. The number of ether oxygens (including phenoxy) is 1. The van der Waals surface area contributed by atoms with Crippen molar-refractivity contribution in [2.45, 2.75) is 39.0 Å². The van der Waals surface area contributed by atoms with Crippen LogP contribution >= 0.6 is 11.3 Å². The molecule has 24 heavy (non-hydrogen) atoms. The Hall–Kier alpha value is -2.28. The molecule has 132 valence electrons. The van der Waals surface area contributed by atoms with E-state index in [9.17, 15) is 28.0 Å². The van der Waals surface area contributed by atoms with Crippen LogP contribution in [0.25, 0.3) is 0 Å². The van der Waals surface area contributed by atoms with Gasteiger partial charge in [-0.2, -0.15) is 18.4 Å². The first-order chi connectivity index (χ1) is 11.0. The average Bonchev–Trinajstić information content (AvgIpc) is 2.78. The average molecular weight is 363 g/mol. The maximum absolute atomic E-state index is 13.6. The summed E-state index contributed by atoms with van der Waals surface area (Å²) < 4.78 is 45.1. The predicted molar refractivity (Wildman–Crippen MR) is 81.4 cm³/mol. The zero-order valence-electron chi connectivity index (χ0n) is 13.4. The molecule has 0 aromatic carbocycles. The summed E-state index contributed by atoms with van der Waals surface area (Å²) in [6.07, 6.45) is -4.77. The van der Waals surface area contributed by atoms with Gasteiger partial charge >= 0.3 is 17.8 Å². The van der Waals surface area contributed by atoms with Crippen molar-refractivity contribution in [3.8, 4) is 6.07 Å². The number of anilines is 1. The molecule has 0 radical (unpaired) electrons. The molecule has 0 saturated heterocycles. The molecule has 0 aliphatic carbocycles. The molecule has 1 atom stereocenters. The van der Waals surface area contributed by atoms with E-state index in [0.717, 1.165) is 25.4 Å². The highest BCUT2D eigenvalue weighted by Crippen LogP contribution is 2.39. The summed E-state index contributed by atoms with van der Waals surface area (Å²) in [7, 11) is 0.772. The van der Waals surface area contributed by atoms with Crippen LogP contribution in [0.2, 0.25) is 0 Å². The van der Waals surface area contributed by atoms with Gasteiger partial charge in [-0.05, 0) is 18.9 Å². The lowest BCUT2D eigenvalue weighted by Gasteiger charge is -2.34. The fourth-order valence-corrected chi connectivity index (χ4v) is 3.34. The Morgan fingerprint density at radius 1 is 1.38 bits per heavy atom. The largest absolute Gasteiger partial charge is 0.466 e. The van der Waals surface area contributed by atoms with Gasteiger partial charge in [0.15, 0.2) is 0 Å². The van der Waals surface area contributed by atoms with Crippen molar-refractivity contribution in [2.24, 2.45) is 0 Å². The number of esters is 1. The minimum atomic E-state index is -5.21. The summed E-state index contributed by atoms with van der Waals surface area (Å²) in [6, 6.07) is 1.84. The molecular formula is C14H16F3N3O3S. The fourth-order valence-electron chi connectivity index (χ4n) is 2.19. The molecule has 0 unspecified atom stereocenters. The van der Waals surface area contributed by atoms with E-state index in [2.05, 4.69) is 4.74 Å². The zero-order chi connectivity index (χ0) is 18.7. The van der Waals surface area contributed by atoms with Gasteiger partial charge in [-0.25, -0.2) is 4.79 Å².